The minimum Gasteiger partial charge on any atom is -0.507 e. The summed E-state index contributed by atoms with van der Waals surface area (Å²) >= 11 is 0. The monoisotopic (exact) mass is 193 g/mol. The Morgan fingerprint density at radius 1 is 1.43 bits per heavy atom. The fraction of sp³-hybridized carbons (Fsp3) is 0.364. The predicted molar refractivity (Wildman–Crippen MR) is 56.1 cm³/mol. The molecule has 0 heterocycles. The Bertz CT molecular complexity index is 345. The third-order valence-electron chi connectivity index (χ3n) is 2.14. The van der Waals surface area contributed by atoms with Crippen LogP contribution in [0.5, 0.6) is 5.75 Å². The van der Waals surface area contributed by atoms with E-state index >= 15 is 0 Å². The summed E-state index contributed by atoms with van der Waals surface area (Å²) in [5.74, 6) is 0.153. The summed E-state index contributed by atoms with van der Waals surface area (Å²) in [4.78, 5) is 0. The van der Waals surface area contributed by atoms with E-state index < -0.39 is 0 Å². The number of hydrogen-bond acceptors (Lipinski definition) is 3. The van der Waals surface area contributed by atoms with Gasteiger partial charge < -0.3 is 10.3 Å². The number of rotatable bonds is 3. The van der Waals surface area contributed by atoms with E-state index in [1.807, 2.05) is 12.1 Å². The highest BCUT2D eigenvalue weighted by atomic mass is 16.4. The van der Waals surface area contributed by atoms with Gasteiger partial charge in [0.1, 0.15) is 5.75 Å². The van der Waals surface area contributed by atoms with E-state index in [1.165, 1.54) is 0 Å². The van der Waals surface area contributed by atoms with Crippen molar-refractivity contribution in [1.29, 1.82) is 0 Å². The number of oxime groups is 1. The lowest BCUT2D eigenvalue weighted by atomic mass is 10.0. The second kappa shape index (κ2) is 4.65. The van der Waals surface area contributed by atoms with E-state index in [0.29, 0.717) is 11.3 Å². The fourth-order valence-corrected chi connectivity index (χ4v) is 1.37. The Morgan fingerprint density at radius 3 is 2.71 bits per heavy atom. The average Bonchev–Trinajstić information content (AvgIpc) is 2.20. The molecule has 0 fully saturated rings. The Morgan fingerprint density at radius 2 is 2.14 bits per heavy atom. The first-order valence-electron chi connectivity index (χ1n) is 4.70. The molecule has 3 heteroatoms. The SMILES string of the molecule is CCCc1ccc(O)c(/C(C)=N/O)c1. The molecule has 0 atom stereocenters. The van der Waals surface area contributed by atoms with E-state index in [2.05, 4.69) is 12.1 Å². The van der Waals surface area contributed by atoms with Gasteiger partial charge in [0.25, 0.3) is 0 Å². The van der Waals surface area contributed by atoms with Crippen LogP contribution in [0.2, 0.25) is 0 Å². The minimum absolute atomic E-state index is 0.153. The second-order valence-corrected chi connectivity index (χ2v) is 3.29. The van der Waals surface area contributed by atoms with Crippen molar-refractivity contribution in [1.82, 2.24) is 0 Å². The van der Waals surface area contributed by atoms with Crippen LogP contribution < -0.4 is 0 Å². The first kappa shape index (κ1) is 10.6. The lowest BCUT2D eigenvalue weighted by molar-refractivity contribution is 0.318. The van der Waals surface area contributed by atoms with Crippen molar-refractivity contribution in [2.75, 3.05) is 0 Å². The van der Waals surface area contributed by atoms with Gasteiger partial charge in [-0.15, -0.1) is 0 Å². The summed E-state index contributed by atoms with van der Waals surface area (Å²) in [5, 5.41) is 21.2. The van der Waals surface area contributed by atoms with Crippen LogP contribution in [-0.2, 0) is 6.42 Å². The number of phenols is 1. The lowest BCUT2D eigenvalue weighted by Gasteiger charge is -2.05. The molecule has 0 aromatic heterocycles. The Hall–Kier alpha value is -1.51. The molecule has 0 spiro atoms. The molecule has 0 amide bonds. The molecule has 1 rings (SSSR count). The second-order valence-electron chi connectivity index (χ2n) is 3.29. The van der Waals surface area contributed by atoms with Gasteiger partial charge in [-0.3, -0.25) is 0 Å². The van der Waals surface area contributed by atoms with Crippen LogP contribution in [0, 0.1) is 0 Å². The van der Waals surface area contributed by atoms with Crippen molar-refractivity contribution in [3.8, 4) is 5.75 Å². The van der Waals surface area contributed by atoms with Crippen molar-refractivity contribution in [3.05, 3.63) is 29.3 Å². The number of benzene rings is 1. The van der Waals surface area contributed by atoms with Crippen molar-refractivity contribution in [2.24, 2.45) is 5.16 Å². The van der Waals surface area contributed by atoms with E-state index in [4.69, 9.17) is 5.21 Å². The molecule has 3 nitrogen and oxygen atoms in total. The molecule has 0 radical (unpaired) electrons. The zero-order chi connectivity index (χ0) is 10.6. The molecule has 0 aliphatic carbocycles. The number of hydrogen-bond donors (Lipinski definition) is 2. The Balaban J connectivity index is 3.08. The molecular formula is C11H15NO2. The molecular weight excluding hydrogens is 178 g/mol. The summed E-state index contributed by atoms with van der Waals surface area (Å²) in [5.41, 5.74) is 2.17. The Labute approximate surface area is 83.7 Å². The van der Waals surface area contributed by atoms with Crippen LogP contribution in [-0.4, -0.2) is 16.0 Å². The molecule has 0 saturated carbocycles. The summed E-state index contributed by atoms with van der Waals surface area (Å²) in [6, 6.07) is 5.37. The van der Waals surface area contributed by atoms with Gasteiger partial charge in [-0.25, -0.2) is 0 Å². The molecule has 14 heavy (non-hydrogen) atoms. The maximum atomic E-state index is 9.51. The standard InChI is InChI=1S/C11H15NO2/c1-3-4-9-5-6-11(13)10(7-9)8(2)12-14/h5-7,13-14H,3-4H2,1-2H3/b12-8+. The maximum absolute atomic E-state index is 9.51. The van der Waals surface area contributed by atoms with Crippen molar-refractivity contribution >= 4 is 5.71 Å². The third kappa shape index (κ3) is 2.25. The topological polar surface area (TPSA) is 52.8 Å². The molecule has 2 N–H and O–H groups in total. The lowest BCUT2D eigenvalue weighted by Crippen LogP contribution is -1.96. The van der Waals surface area contributed by atoms with Gasteiger partial charge in [-0.1, -0.05) is 24.6 Å². The molecule has 0 aliphatic heterocycles. The highest BCUT2D eigenvalue weighted by molar-refractivity contribution is 6.00. The van der Waals surface area contributed by atoms with E-state index in [9.17, 15) is 5.11 Å². The van der Waals surface area contributed by atoms with Gasteiger partial charge >= 0.3 is 0 Å². The third-order valence-corrected chi connectivity index (χ3v) is 2.14. The van der Waals surface area contributed by atoms with Crippen molar-refractivity contribution < 1.29 is 10.3 Å². The van der Waals surface area contributed by atoms with Crippen LogP contribution in [0.25, 0.3) is 0 Å². The number of aromatic hydroxyl groups is 1. The van der Waals surface area contributed by atoms with E-state index in [-0.39, 0.29) is 5.75 Å². The highest BCUT2D eigenvalue weighted by Crippen LogP contribution is 2.20. The van der Waals surface area contributed by atoms with Gasteiger partial charge in [0, 0.05) is 5.56 Å². The van der Waals surface area contributed by atoms with Gasteiger partial charge in [-0.2, -0.15) is 0 Å². The van der Waals surface area contributed by atoms with Gasteiger partial charge in [0.15, 0.2) is 0 Å². The summed E-state index contributed by atoms with van der Waals surface area (Å²) in [6.45, 7) is 3.75. The zero-order valence-electron chi connectivity index (χ0n) is 8.49. The fourth-order valence-electron chi connectivity index (χ4n) is 1.37. The summed E-state index contributed by atoms with van der Waals surface area (Å²) in [6.07, 6.45) is 2.02. The molecule has 0 bridgehead atoms. The van der Waals surface area contributed by atoms with Gasteiger partial charge in [0.05, 0.1) is 5.71 Å². The molecule has 0 saturated heterocycles. The maximum Gasteiger partial charge on any atom is 0.124 e. The van der Waals surface area contributed by atoms with Crippen molar-refractivity contribution in [2.45, 2.75) is 26.7 Å². The highest BCUT2D eigenvalue weighted by Gasteiger charge is 2.05. The average molecular weight is 193 g/mol. The first-order valence-corrected chi connectivity index (χ1v) is 4.70. The largest absolute Gasteiger partial charge is 0.507 e. The number of nitrogens with zero attached hydrogens (tertiary/aromatic N) is 1. The first-order chi connectivity index (χ1) is 6.69. The minimum atomic E-state index is 0.153. The summed E-state index contributed by atoms with van der Waals surface area (Å²) < 4.78 is 0. The summed E-state index contributed by atoms with van der Waals surface area (Å²) in [7, 11) is 0. The molecule has 0 aliphatic rings. The van der Waals surface area contributed by atoms with Crippen LogP contribution in [0.4, 0.5) is 0 Å². The smallest absolute Gasteiger partial charge is 0.124 e. The predicted octanol–water partition coefficient (Wildman–Crippen LogP) is 2.54. The van der Waals surface area contributed by atoms with Crippen LogP contribution in [0.1, 0.15) is 31.4 Å². The molecule has 0 unspecified atom stereocenters. The van der Waals surface area contributed by atoms with Crippen LogP contribution >= 0.6 is 0 Å². The van der Waals surface area contributed by atoms with Crippen LogP contribution in [0.3, 0.4) is 0 Å². The Kier molecular flexibility index (Phi) is 3.51. The zero-order valence-corrected chi connectivity index (χ0v) is 8.49. The van der Waals surface area contributed by atoms with Crippen LogP contribution in [0.15, 0.2) is 23.4 Å². The van der Waals surface area contributed by atoms with E-state index in [0.717, 1.165) is 18.4 Å². The number of aryl methyl sites for hydroxylation is 1. The molecule has 76 valence electrons. The van der Waals surface area contributed by atoms with Crippen molar-refractivity contribution in [3.63, 3.8) is 0 Å². The quantitative estimate of drug-likeness (QED) is 0.440. The van der Waals surface area contributed by atoms with E-state index in [1.54, 1.807) is 13.0 Å². The molecule has 1 aromatic carbocycles. The normalized spacial score (nSPS) is 11.7. The van der Waals surface area contributed by atoms with Gasteiger partial charge in [0.2, 0.25) is 0 Å². The molecule has 1 aromatic rings. The number of phenolic OH excluding ortho intramolecular Hbond substituents is 1. The van der Waals surface area contributed by atoms with Gasteiger partial charge in [-0.05, 0) is 31.0 Å².